The summed E-state index contributed by atoms with van der Waals surface area (Å²) in [5.41, 5.74) is 2.43. The Kier molecular flexibility index (Phi) is 4.88. The number of halogens is 1. The third-order valence-electron chi connectivity index (χ3n) is 2.87. The molecule has 0 unspecified atom stereocenters. The molecule has 0 aliphatic heterocycles. The smallest absolute Gasteiger partial charge is 0.148 e. The van der Waals surface area contributed by atoms with Crippen LogP contribution in [0, 0.1) is 0 Å². The van der Waals surface area contributed by atoms with Gasteiger partial charge in [0.15, 0.2) is 0 Å². The summed E-state index contributed by atoms with van der Waals surface area (Å²) in [6.45, 7) is 2.24. The van der Waals surface area contributed by atoms with Crippen LogP contribution in [0.4, 0.5) is 0 Å². The number of hydrogen-bond donors (Lipinski definition) is 1. The molecule has 0 N–H and O–H groups in total. The van der Waals surface area contributed by atoms with E-state index in [0.29, 0.717) is 0 Å². The minimum atomic E-state index is 0.837. The maximum Gasteiger partial charge on any atom is 0.148 e. The Balaban J connectivity index is 2.15. The summed E-state index contributed by atoms with van der Waals surface area (Å²) in [5.74, 6) is 0. The van der Waals surface area contributed by atoms with Gasteiger partial charge in [-0.05, 0) is 40.4 Å². The highest BCUT2D eigenvalue weighted by molar-refractivity contribution is 9.10. The molecule has 0 spiro atoms. The Morgan fingerprint density at radius 1 is 1.29 bits per heavy atom. The maximum atomic E-state index is 4.45. The van der Waals surface area contributed by atoms with E-state index in [1.165, 1.54) is 35.9 Å². The van der Waals surface area contributed by atoms with Gasteiger partial charge in [-0.25, -0.2) is 4.98 Å². The van der Waals surface area contributed by atoms with Crippen LogP contribution in [0.5, 0.6) is 0 Å². The third kappa shape index (κ3) is 3.24. The predicted octanol–water partition coefficient (Wildman–Crippen LogP) is 5.47. The number of aromatic nitrogens is 1. The van der Waals surface area contributed by atoms with Crippen LogP contribution in [0.25, 0.3) is 10.2 Å². The van der Waals surface area contributed by atoms with E-state index < -0.39 is 0 Å². The van der Waals surface area contributed by atoms with E-state index in [1.54, 1.807) is 11.3 Å². The van der Waals surface area contributed by atoms with Gasteiger partial charge in [0, 0.05) is 4.47 Å². The second-order valence-corrected chi connectivity index (χ2v) is 6.74. The van der Waals surface area contributed by atoms with Gasteiger partial charge in [0.25, 0.3) is 0 Å². The number of hydrogen-bond acceptors (Lipinski definition) is 3. The molecule has 0 radical (unpaired) electrons. The van der Waals surface area contributed by atoms with E-state index >= 15 is 0 Å². The van der Waals surface area contributed by atoms with Crippen molar-refractivity contribution >= 4 is 50.1 Å². The fourth-order valence-corrected chi connectivity index (χ4v) is 3.80. The third-order valence-corrected chi connectivity index (χ3v) is 4.95. The Morgan fingerprint density at radius 3 is 2.88 bits per heavy atom. The van der Waals surface area contributed by atoms with Gasteiger partial charge in [0.1, 0.15) is 4.34 Å². The first kappa shape index (κ1) is 13.4. The van der Waals surface area contributed by atoms with Crippen molar-refractivity contribution < 1.29 is 0 Å². The standard InChI is InChI=1S/C13H16BrNS2/c1-2-3-4-5-6-9-7-8-10-12(11(9)14)15-13(16)17-10/h7-8H,2-6H2,1H3,(H,15,16). The van der Waals surface area contributed by atoms with Crippen LogP contribution in [-0.2, 0) is 6.42 Å². The van der Waals surface area contributed by atoms with Crippen LogP contribution in [0.1, 0.15) is 38.2 Å². The van der Waals surface area contributed by atoms with Crippen molar-refractivity contribution in [2.45, 2.75) is 43.4 Å². The SMILES string of the molecule is CCCCCCc1ccc2sc(S)nc2c1Br. The second kappa shape index (κ2) is 6.21. The largest absolute Gasteiger partial charge is 0.229 e. The van der Waals surface area contributed by atoms with E-state index in [-0.39, 0.29) is 0 Å². The number of rotatable bonds is 5. The van der Waals surface area contributed by atoms with E-state index in [0.717, 1.165) is 20.7 Å². The lowest BCUT2D eigenvalue weighted by molar-refractivity contribution is 0.666. The number of fused-ring (bicyclic) bond motifs is 1. The van der Waals surface area contributed by atoms with Crippen LogP contribution < -0.4 is 0 Å². The van der Waals surface area contributed by atoms with Crippen molar-refractivity contribution in [1.29, 1.82) is 0 Å². The van der Waals surface area contributed by atoms with Gasteiger partial charge < -0.3 is 0 Å². The van der Waals surface area contributed by atoms with Crippen molar-refractivity contribution in [2.24, 2.45) is 0 Å². The van der Waals surface area contributed by atoms with Crippen LogP contribution in [-0.4, -0.2) is 4.98 Å². The van der Waals surface area contributed by atoms with Crippen molar-refractivity contribution in [1.82, 2.24) is 4.98 Å². The number of benzene rings is 1. The van der Waals surface area contributed by atoms with Crippen LogP contribution >= 0.6 is 39.9 Å². The maximum absolute atomic E-state index is 4.45. The average Bonchev–Trinajstić information content (AvgIpc) is 2.69. The molecule has 0 amide bonds. The van der Waals surface area contributed by atoms with Gasteiger partial charge in [-0.2, -0.15) is 0 Å². The molecule has 0 saturated carbocycles. The quantitative estimate of drug-likeness (QED) is 0.566. The highest BCUT2D eigenvalue weighted by Crippen LogP contribution is 2.33. The van der Waals surface area contributed by atoms with Gasteiger partial charge >= 0.3 is 0 Å². The fourth-order valence-electron chi connectivity index (χ4n) is 1.93. The first-order valence-electron chi connectivity index (χ1n) is 5.99. The molecule has 0 aliphatic rings. The van der Waals surface area contributed by atoms with Crippen molar-refractivity contribution in [3.8, 4) is 0 Å². The molecule has 1 nitrogen and oxygen atoms in total. The molecule has 2 rings (SSSR count). The average molecular weight is 330 g/mol. The molecule has 17 heavy (non-hydrogen) atoms. The molecular formula is C13H16BrNS2. The molecule has 0 aliphatic carbocycles. The molecule has 1 aromatic carbocycles. The van der Waals surface area contributed by atoms with Gasteiger partial charge in [-0.15, -0.1) is 24.0 Å². The summed E-state index contributed by atoms with van der Waals surface area (Å²) in [7, 11) is 0. The lowest BCUT2D eigenvalue weighted by Crippen LogP contribution is -1.88. The van der Waals surface area contributed by atoms with E-state index in [1.807, 2.05) is 0 Å². The first-order valence-corrected chi connectivity index (χ1v) is 8.05. The molecule has 0 fully saturated rings. The first-order chi connectivity index (χ1) is 8.22. The van der Waals surface area contributed by atoms with Gasteiger partial charge in [0.05, 0.1) is 10.2 Å². The molecule has 1 aromatic heterocycles. The van der Waals surface area contributed by atoms with Crippen molar-refractivity contribution in [3.05, 3.63) is 22.2 Å². The van der Waals surface area contributed by atoms with Gasteiger partial charge in [0.2, 0.25) is 0 Å². The normalized spacial score (nSPS) is 11.2. The predicted molar refractivity (Wildman–Crippen MR) is 82.4 cm³/mol. The van der Waals surface area contributed by atoms with Crippen LogP contribution in [0.15, 0.2) is 20.9 Å². The zero-order valence-electron chi connectivity index (χ0n) is 9.87. The second-order valence-electron chi connectivity index (χ2n) is 4.19. The summed E-state index contributed by atoms with van der Waals surface area (Å²) in [4.78, 5) is 4.45. The minimum absolute atomic E-state index is 0.837. The molecule has 1 heterocycles. The molecule has 0 bridgehead atoms. The topological polar surface area (TPSA) is 12.9 Å². The summed E-state index contributed by atoms with van der Waals surface area (Å²) in [5, 5.41) is 0. The van der Waals surface area contributed by atoms with E-state index in [2.05, 4.69) is 52.6 Å². The Hall–Kier alpha value is -0.0600. The Morgan fingerprint density at radius 2 is 2.12 bits per heavy atom. The van der Waals surface area contributed by atoms with Crippen LogP contribution in [0.2, 0.25) is 0 Å². The Bertz CT molecular complexity index is 507. The van der Waals surface area contributed by atoms with Crippen LogP contribution in [0.3, 0.4) is 0 Å². The summed E-state index contributed by atoms with van der Waals surface area (Å²) in [6.07, 6.45) is 6.33. The lowest BCUT2D eigenvalue weighted by Gasteiger charge is -2.04. The Labute approximate surface area is 120 Å². The highest BCUT2D eigenvalue weighted by Gasteiger charge is 2.09. The van der Waals surface area contributed by atoms with Crippen molar-refractivity contribution in [2.75, 3.05) is 0 Å². The number of aryl methyl sites for hydroxylation is 1. The summed E-state index contributed by atoms with van der Waals surface area (Å²) < 4.78 is 3.20. The zero-order valence-corrected chi connectivity index (χ0v) is 13.2. The summed E-state index contributed by atoms with van der Waals surface area (Å²) in [6, 6.07) is 4.37. The highest BCUT2D eigenvalue weighted by atomic mass is 79.9. The van der Waals surface area contributed by atoms with E-state index in [9.17, 15) is 0 Å². The number of unbranched alkanes of at least 4 members (excludes halogenated alkanes) is 3. The molecule has 0 saturated heterocycles. The molecule has 2 aromatic rings. The molecule has 0 atom stereocenters. The fraction of sp³-hybridized carbons (Fsp3) is 0.462. The van der Waals surface area contributed by atoms with E-state index in [4.69, 9.17) is 0 Å². The van der Waals surface area contributed by atoms with Gasteiger partial charge in [-0.3, -0.25) is 0 Å². The zero-order chi connectivity index (χ0) is 12.3. The molecular weight excluding hydrogens is 314 g/mol. The number of nitrogens with zero attached hydrogens (tertiary/aromatic N) is 1. The molecule has 4 heteroatoms. The molecule has 92 valence electrons. The number of thiazole rings is 1. The number of thiol groups is 1. The van der Waals surface area contributed by atoms with Crippen molar-refractivity contribution in [3.63, 3.8) is 0 Å². The monoisotopic (exact) mass is 329 g/mol. The van der Waals surface area contributed by atoms with Gasteiger partial charge in [-0.1, -0.05) is 32.3 Å². The summed E-state index contributed by atoms with van der Waals surface area (Å²) >= 11 is 9.61. The minimum Gasteiger partial charge on any atom is -0.229 e. The lowest BCUT2D eigenvalue weighted by atomic mass is 10.1.